The molecule has 0 bridgehead atoms. The fourth-order valence-corrected chi connectivity index (χ4v) is 1.82. The standard InChI is InChI=1S/C16H14F3NO3/c1-16(2,22)8-23-10-5-12(18)14(13(19)6-10)15-11(17)4-3-9(7-21)20-15/h3-7,22H,8H2,1-2H3. The average Bonchev–Trinajstić information content (AvgIpc) is 2.45. The number of aldehydes is 1. The Balaban J connectivity index is 2.43. The van der Waals surface area contributed by atoms with Crippen molar-refractivity contribution in [1.29, 1.82) is 0 Å². The molecule has 0 saturated carbocycles. The molecule has 2 rings (SSSR count). The third kappa shape index (κ3) is 4.07. The molecular formula is C16H14F3NO3. The first-order valence-electron chi connectivity index (χ1n) is 6.67. The minimum atomic E-state index is -1.18. The predicted molar refractivity (Wildman–Crippen MR) is 76.7 cm³/mol. The largest absolute Gasteiger partial charge is 0.490 e. The van der Waals surface area contributed by atoms with Crippen molar-refractivity contribution < 1.29 is 27.8 Å². The molecule has 0 unspecified atom stereocenters. The van der Waals surface area contributed by atoms with E-state index in [-0.39, 0.29) is 18.1 Å². The molecule has 0 spiro atoms. The predicted octanol–water partition coefficient (Wildman–Crippen LogP) is 3.13. The van der Waals surface area contributed by atoms with E-state index in [1.807, 2.05) is 0 Å². The number of aliphatic hydroxyl groups is 1. The quantitative estimate of drug-likeness (QED) is 0.858. The zero-order valence-corrected chi connectivity index (χ0v) is 12.4. The van der Waals surface area contributed by atoms with Crippen molar-refractivity contribution in [3.63, 3.8) is 0 Å². The van der Waals surface area contributed by atoms with Gasteiger partial charge in [0.05, 0.1) is 11.2 Å². The Morgan fingerprint density at radius 3 is 2.30 bits per heavy atom. The molecule has 1 aromatic carbocycles. The third-order valence-corrected chi connectivity index (χ3v) is 2.83. The Morgan fingerprint density at radius 1 is 1.17 bits per heavy atom. The highest BCUT2D eigenvalue weighted by molar-refractivity contribution is 5.74. The van der Waals surface area contributed by atoms with Gasteiger partial charge in [0.1, 0.15) is 41.2 Å². The molecule has 1 N–H and O–H groups in total. The van der Waals surface area contributed by atoms with Crippen molar-refractivity contribution >= 4 is 6.29 Å². The molecule has 0 atom stereocenters. The molecular weight excluding hydrogens is 311 g/mol. The maximum absolute atomic E-state index is 14.2. The number of aromatic nitrogens is 1. The van der Waals surface area contributed by atoms with Gasteiger partial charge < -0.3 is 9.84 Å². The zero-order valence-electron chi connectivity index (χ0n) is 12.4. The van der Waals surface area contributed by atoms with Gasteiger partial charge in [-0.1, -0.05) is 0 Å². The number of benzene rings is 1. The first-order chi connectivity index (χ1) is 10.7. The molecule has 1 heterocycles. The maximum Gasteiger partial charge on any atom is 0.168 e. The second-order valence-electron chi connectivity index (χ2n) is 5.55. The number of pyridine rings is 1. The highest BCUT2D eigenvalue weighted by Crippen LogP contribution is 2.30. The van der Waals surface area contributed by atoms with E-state index < -0.39 is 34.3 Å². The van der Waals surface area contributed by atoms with Crippen LogP contribution < -0.4 is 4.74 Å². The summed E-state index contributed by atoms with van der Waals surface area (Å²) in [6, 6.07) is 3.73. The topological polar surface area (TPSA) is 59.4 Å². The number of rotatable bonds is 5. The van der Waals surface area contributed by atoms with Gasteiger partial charge in [-0.25, -0.2) is 18.2 Å². The zero-order chi connectivity index (χ0) is 17.2. The molecule has 4 nitrogen and oxygen atoms in total. The third-order valence-electron chi connectivity index (χ3n) is 2.83. The molecule has 2 aromatic rings. The average molecular weight is 325 g/mol. The smallest absolute Gasteiger partial charge is 0.168 e. The van der Waals surface area contributed by atoms with Crippen LogP contribution in [0.4, 0.5) is 13.2 Å². The Morgan fingerprint density at radius 2 is 1.78 bits per heavy atom. The lowest BCUT2D eigenvalue weighted by molar-refractivity contribution is 0.0282. The maximum atomic E-state index is 14.2. The van der Waals surface area contributed by atoms with Gasteiger partial charge >= 0.3 is 0 Å². The summed E-state index contributed by atoms with van der Waals surface area (Å²) in [6.45, 7) is 2.76. The molecule has 0 aliphatic heterocycles. The lowest BCUT2D eigenvalue weighted by Crippen LogP contribution is -2.27. The Bertz CT molecular complexity index is 719. The fraction of sp³-hybridized carbons (Fsp3) is 0.250. The Hall–Kier alpha value is -2.41. The summed E-state index contributed by atoms with van der Waals surface area (Å²) in [5.74, 6) is -3.30. The number of hydrogen-bond donors (Lipinski definition) is 1. The second-order valence-corrected chi connectivity index (χ2v) is 5.55. The van der Waals surface area contributed by atoms with Gasteiger partial charge in [-0.05, 0) is 26.0 Å². The molecule has 0 amide bonds. The van der Waals surface area contributed by atoms with Crippen molar-refractivity contribution in [2.24, 2.45) is 0 Å². The van der Waals surface area contributed by atoms with Crippen LogP contribution in [-0.4, -0.2) is 28.6 Å². The number of carbonyl (C=O) groups is 1. The van der Waals surface area contributed by atoms with Crippen molar-refractivity contribution in [3.05, 3.63) is 47.4 Å². The van der Waals surface area contributed by atoms with Gasteiger partial charge in [0.2, 0.25) is 0 Å². The van der Waals surface area contributed by atoms with Crippen LogP contribution in [0.2, 0.25) is 0 Å². The van der Waals surface area contributed by atoms with Gasteiger partial charge in [0.25, 0.3) is 0 Å². The molecule has 7 heteroatoms. The van der Waals surface area contributed by atoms with E-state index >= 15 is 0 Å². The van der Waals surface area contributed by atoms with Crippen molar-refractivity contribution in [2.75, 3.05) is 6.61 Å². The lowest BCUT2D eigenvalue weighted by atomic mass is 10.1. The van der Waals surface area contributed by atoms with Crippen LogP contribution in [0.3, 0.4) is 0 Å². The summed E-state index contributed by atoms with van der Waals surface area (Å²) in [5, 5.41) is 9.54. The number of nitrogens with zero attached hydrogens (tertiary/aromatic N) is 1. The first kappa shape index (κ1) is 17.0. The van der Waals surface area contributed by atoms with Crippen LogP contribution in [0, 0.1) is 17.5 Å². The number of halogens is 3. The van der Waals surface area contributed by atoms with Crippen LogP contribution in [0.1, 0.15) is 24.3 Å². The summed E-state index contributed by atoms with van der Waals surface area (Å²) >= 11 is 0. The van der Waals surface area contributed by atoms with E-state index in [2.05, 4.69) is 4.98 Å². The minimum absolute atomic E-state index is 0.150. The van der Waals surface area contributed by atoms with E-state index in [0.717, 1.165) is 24.3 Å². The number of ether oxygens (including phenoxy) is 1. The van der Waals surface area contributed by atoms with Crippen molar-refractivity contribution in [2.45, 2.75) is 19.4 Å². The van der Waals surface area contributed by atoms with Crippen LogP contribution >= 0.6 is 0 Å². The van der Waals surface area contributed by atoms with E-state index in [4.69, 9.17) is 4.74 Å². The molecule has 0 aliphatic carbocycles. The van der Waals surface area contributed by atoms with Gasteiger partial charge in [-0.15, -0.1) is 0 Å². The van der Waals surface area contributed by atoms with Gasteiger partial charge in [-0.3, -0.25) is 4.79 Å². The molecule has 0 aliphatic rings. The van der Waals surface area contributed by atoms with Gasteiger partial charge in [0.15, 0.2) is 6.29 Å². The van der Waals surface area contributed by atoms with Crippen LogP contribution in [-0.2, 0) is 0 Å². The summed E-state index contributed by atoms with van der Waals surface area (Å²) in [4.78, 5) is 14.3. The minimum Gasteiger partial charge on any atom is -0.490 e. The normalized spacial score (nSPS) is 11.4. The second kappa shape index (κ2) is 6.37. The van der Waals surface area contributed by atoms with E-state index in [9.17, 15) is 23.1 Å². The molecule has 0 saturated heterocycles. The summed E-state index contributed by atoms with van der Waals surface area (Å²) < 4.78 is 47.2. The molecule has 122 valence electrons. The lowest BCUT2D eigenvalue weighted by Gasteiger charge is -2.18. The van der Waals surface area contributed by atoms with E-state index in [0.29, 0.717) is 6.29 Å². The Kier molecular flexibility index (Phi) is 4.70. The van der Waals surface area contributed by atoms with Crippen molar-refractivity contribution in [1.82, 2.24) is 4.98 Å². The van der Waals surface area contributed by atoms with Crippen molar-refractivity contribution in [3.8, 4) is 17.0 Å². The molecule has 0 fully saturated rings. The molecule has 0 radical (unpaired) electrons. The summed E-state index contributed by atoms with van der Waals surface area (Å²) in [6.07, 6.45) is 0.347. The van der Waals surface area contributed by atoms with E-state index in [1.54, 1.807) is 0 Å². The van der Waals surface area contributed by atoms with Gasteiger partial charge in [-0.2, -0.15) is 0 Å². The fourth-order valence-electron chi connectivity index (χ4n) is 1.82. The first-order valence-corrected chi connectivity index (χ1v) is 6.67. The molecule has 23 heavy (non-hydrogen) atoms. The van der Waals surface area contributed by atoms with Crippen LogP contribution in [0.25, 0.3) is 11.3 Å². The van der Waals surface area contributed by atoms with Gasteiger partial charge in [0, 0.05) is 12.1 Å². The SMILES string of the molecule is CC(C)(O)COc1cc(F)c(-c2nc(C=O)ccc2F)c(F)c1. The monoisotopic (exact) mass is 325 g/mol. The molecule has 1 aromatic heterocycles. The van der Waals surface area contributed by atoms with E-state index in [1.165, 1.54) is 13.8 Å². The highest BCUT2D eigenvalue weighted by Gasteiger charge is 2.20. The number of hydrogen-bond acceptors (Lipinski definition) is 4. The highest BCUT2D eigenvalue weighted by atomic mass is 19.1. The summed E-state index contributed by atoms with van der Waals surface area (Å²) in [7, 11) is 0. The summed E-state index contributed by atoms with van der Waals surface area (Å²) in [5.41, 5.74) is -2.62. The number of carbonyl (C=O) groups excluding carboxylic acids is 1. The Labute approximate surface area is 130 Å². The van der Waals surface area contributed by atoms with Crippen LogP contribution in [0.15, 0.2) is 24.3 Å². The van der Waals surface area contributed by atoms with Crippen LogP contribution in [0.5, 0.6) is 5.75 Å².